The Hall–Kier alpha value is -1.66. The topological polar surface area (TPSA) is 56.0 Å². The molecule has 0 aliphatic rings. The number of pyridine rings is 1. The summed E-state index contributed by atoms with van der Waals surface area (Å²) in [5, 5.41) is 10.3. The van der Waals surface area contributed by atoms with Gasteiger partial charge in [-0.3, -0.25) is 0 Å². The van der Waals surface area contributed by atoms with E-state index in [2.05, 4.69) is 4.98 Å². The average Bonchev–Trinajstić information content (AvgIpc) is 2.08. The quantitative estimate of drug-likeness (QED) is 0.551. The Balaban J connectivity index is 3.35. The first kappa shape index (κ1) is 10.4. The van der Waals surface area contributed by atoms with Crippen molar-refractivity contribution in [3.63, 3.8) is 0 Å². The lowest BCUT2D eigenvalue weighted by molar-refractivity contribution is -0.390. The van der Waals surface area contributed by atoms with Crippen LogP contribution in [0.2, 0.25) is 0 Å². The molecule has 0 amide bonds. The van der Waals surface area contributed by atoms with Gasteiger partial charge in [-0.1, -0.05) is 0 Å². The molecule has 0 fully saturated rings. The van der Waals surface area contributed by atoms with Crippen LogP contribution in [-0.4, -0.2) is 9.91 Å². The summed E-state index contributed by atoms with van der Waals surface area (Å²) < 4.78 is 37.0. The molecule has 0 radical (unpaired) electrons. The lowest BCUT2D eigenvalue weighted by atomic mass is 10.2. The van der Waals surface area contributed by atoms with Gasteiger partial charge < -0.3 is 10.1 Å². The molecule has 0 bridgehead atoms. The minimum Gasteiger partial charge on any atom is -0.358 e. The molecule has 4 nitrogen and oxygen atoms in total. The van der Waals surface area contributed by atoms with Crippen molar-refractivity contribution in [1.29, 1.82) is 0 Å². The summed E-state index contributed by atoms with van der Waals surface area (Å²) in [6.45, 7) is 1.11. The first-order valence-electron chi connectivity index (χ1n) is 3.53. The van der Waals surface area contributed by atoms with Crippen molar-refractivity contribution in [1.82, 2.24) is 4.98 Å². The highest BCUT2D eigenvalue weighted by Gasteiger charge is 2.24. The number of nitrogens with zero attached hydrogens (tertiary/aromatic N) is 2. The van der Waals surface area contributed by atoms with E-state index in [1.54, 1.807) is 0 Å². The molecule has 0 spiro atoms. The normalized spacial score (nSPS) is 10.6. The first-order valence-corrected chi connectivity index (χ1v) is 3.53. The van der Waals surface area contributed by atoms with Gasteiger partial charge in [-0.15, -0.1) is 0 Å². The number of nitro groups is 1. The van der Waals surface area contributed by atoms with E-state index >= 15 is 0 Å². The van der Waals surface area contributed by atoms with Gasteiger partial charge >= 0.3 is 12.2 Å². The summed E-state index contributed by atoms with van der Waals surface area (Å²) in [4.78, 5) is 12.3. The third-order valence-corrected chi connectivity index (χ3v) is 1.60. The zero-order valence-corrected chi connectivity index (χ0v) is 7.00. The molecule has 0 saturated heterocycles. The minimum atomic E-state index is -3.02. The Morgan fingerprint density at radius 2 is 2.14 bits per heavy atom. The Kier molecular flexibility index (Phi) is 2.68. The second-order valence-corrected chi connectivity index (χ2v) is 2.54. The Labute approximate surface area is 76.5 Å². The van der Waals surface area contributed by atoms with Gasteiger partial charge in [0.25, 0.3) is 0 Å². The van der Waals surface area contributed by atoms with Crippen LogP contribution in [0, 0.1) is 22.9 Å². The van der Waals surface area contributed by atoms with E-state index in [0.717, 1.165) is 6.92 Å². The molecule has 1 heterocycles. The van der Waals surface area contributed by atoms with Crippen LogP contribution in [0.4, 0.5) is 19.0 Å². The van der Waals surface area contributed by atoms with E-state index in [9.17, 15) is 23.3 Å². The smallest absolute Gasteiger partial charge is 0.358 e. The van der Waals surface area contributed by atoms with Crippen LogP contribution in [-0.2, 0) is 0 Å². The summed E-state index contributed by atoms with van der Waals surface area (Å²) in [6, 6.07) is 0.493. The van der Waals surface area contributed by atoms with E-state index < -0.39 is 28.7 Å². The van der Waals surface area contributed by atoms with Gasteiger partial charge in [0.05, 0.1) is 5.56 Å². The van der Waals surface area contributed by atoms with Crippen molar-refractivity contribution in [2.75, 3.05) is 0 Å². The molecule has 0 saturated carbocycles. The van der Waals surface area contributed by atoms with Crippen molar-refractivity contribution >= 4 is 5.82 Å². The largest absolute Gasteiger partial charge is 0.369 e. The highest BCUT2D eigenvalue weighted by molar-refractivity contribution is 5.34. The summed E-state index contributed by atoms with van der Waals surface area (Å²) in [5.41, 5.74) is -1.28. The third kappa shape index (κ3) is 1.81. The molecule has 76 valence electrons. The van der Waals surface area contributed by atoms with Crippen molar-refractivity contribution in [3.8, 4) is 0 Å². The monoisotopic (exact) mass is 206 g/mol. The van der Waals surface area contributed by atoms with Crippen LogP contribution in [0.15, 0.2) is 6.07 Å². The second kappa shape index (κ2) is 3.60. The Bertz CT molecular complexity index is 381. The lowest BCUT2D eigenvalue weighted by Crippen LogP contribution is -2.02. The first-order chi connectivity index (χ1) is 6.43. The standard InChI is InChI=1S/C7H5F3N2O2/c1-3-4(8)2-5(6(9)10)11-7(3)12(13)14/h2,6H,1H3. The number of hydrogen-bond acceptors (Lipinski definition) is 3. The van der Waals surface area contributed by atoms with Crippen LogP contribution in [0.5, 0.6) is 0 Å². The third-order valence-electron chi connectivity index (χ3n) is 1.60. The maximum atomic E-state index is 12.9. The molecule has 0 atom stereocenters. The van der Waals surface area contributed by atoms with Crippen molar-refractivity contribution in [2.24, 2.45) is 0 Å². The van der Waals surface area contributed by atoms with Gasteiger partial charge in [-0.25, -0.2) is 13.2 Å². The van der Waals surface area contributed by atoms with Crippen molar-refractivity contribution in [2.45, 2.75) is 13.3 Å². The van der Waals surface area contributed by atoms with Gasteiger partial charge in [0, 0.05) is 6.07 Å². The number of halogens is 3. The highest BCUT2D eigenvalue weighted by Crippen LogP contribution is 2.24. The zero-order chi connectivity index (χ0) is 10.9. The number of rotatable bonds is 2. The fraction of sp³-hybridized carbons (Fsp3) is 0.286. The molecule has 1 aromatic rings. The maximum Gasteiger partial charge on any atom is 0.369 e. The van der Waals surface area contributed by atoms with Crippen LogP contribution < -0.4 is 0 Å². The molecular weight excluding hydrogens is 201 g/mol. The zero-order valence-electron chi connectivity index (χ0n) is 7.00. The molecule has 0 aliphatic heterocycles. The fourth-order valence-electron chi connectivity index (χ4n) is 0.873. The predicted octanol–water partition coefficient (Wildman–Crippen LogP) is 2.37. The molecule has 1 aromatic heterocycles. The second-order valence-electron chi connectivity index (χ2n) is 2.54. The van der Waals surface area contributed by atoms with Gasteiger partial charge in [0.1, 0.15) is 5.82 Å². The van der Waals surface area contributed by atoms with Crippen LogP contribution in [0.1, 0.15) is 17.7 Å². The number of aromatic nitrogens is 1. The molecule has 0 aliphatic carbocycles. The molecule has 7 heteroatoms. The van der Waals surface area contributed by atoms with Crippen LogP contribution in [0.3, 0.4) is 0 Å². The van der Waals surface area contributed by atoms with Gasteiger partial charge in [0.2, 0.25) is 5.69 Å². The highest BCUT2D eigenvalue weighted by atomic mass is 19.3. The Morgan fingerprint density at radius 3 is 2.57 bits per heavy atom. The SMILES string of the molecule is Cc1c(F)cc(C(F)F)nc1[N+](=O)[O-]. The van der Waals surface area contributed by atoms with E-state index in [4.69, 9.17) is 0 Å². The molecule has 0 N–H and O–H groups in total. The van der Waals surface area contributed by atoms with E-state index in [1.165, 1.54) is 0 Å². The van der Waals surface area contributed by atoms with Crippen LogP contribution in [0.25, 0.3) is 0 Å². The van der Waals surface area contributed by atoms with Gasteiger partial charge in [-0.05, 0) is 16.8 Å². The lowest BCUT2D eigenvalue weighted by Gasteiger charge is -2.00. The summed E-state index contributed by atoms with van der Waals surface area (Å²) in [5.74, 6) is -1.93. The fourth-order valence-corrected chi connectivity index (χ4v) is 0.873. The number of alkyl halides is 2. The Morgan fingerprint density at radius 1 is 1.57 bits per heavy atom. The molecule has 1 rings (SSSR count). The maximum absolute atomic E-state index is 12.9. The van der Waals surface area contributed by atoms with Gasteiger partial charge in [0.15, 0.2) is 0 Å². The summed E-state index contributed by atoms with van der Waals surface area (Å²) >= 11 is 0. The van der Waals surface area contributed by atoms with E-state index in [1.807, 2.05) is 0 Å². The summed E-state index contributed by atoms with van der Waals surface area (Å²) in [6.07, 6.45) is -3.02. The van der Waals surface area contributed by atoms with E-state index in [0.29, 0.717) is 6.07 Å². The molecule has 14 heavy (non-hydrogen) atoms. The van der Waals surface area contributed by atoms with Crippen molar-refractivity contribution < 1.29 is 18.1 Å². The van der Waals surface area contributed by atoms with E-state index in [-0.39, 0.29) is 5.56 Å². The average molecular weight is 206 g/mol. The van der Waals surface area contributed by atoms with Gasteiger partial charge in [-0.2, -0.15) is 0 Å². The van der Waals surface area contributed by atoms with Crippen molar-refractivity contribution in [3.05, 3.63) is 33.3 Å². The summed E-state index contributed by atoms with van der Waals surface area (Å²) in [7, 11) is 0. The molecule has 0 unspecified atom stereocenters. The van der Waals surface area contributed by atoms with Crippen LogP contribution >= 0.6 is 0 Å². The minimum absolute atomic E-state index is 0.348. The predicted molar refractivity (Wildman–Crippen MR) is 40.5 cm³/mol. The molecular formula is C7H5F3N2O2. The number of hydrogen-bond donors (Lipinski definition) is 0. The molecule has 0 aromatic carbocycles.